The highest BCUT2D eigenvalue weighted by Gasteiger charge is 2.36. The van der Waals surface area contributed by atoms with Crippen LogP contribution in [0.2, 0.25) is 0 Å². The molecule has 2 rings (SSSR count). The Balaban J connectivity index is 2.68. The second kappa shape index (κ2) is 4.28. The fraction of sp³-hybridized carbons (Fsp3) is 0.300. The molecule has 0 aliphatic carbocycles. The van der Waals surface area contributed by atoms with Crippen molar-refractivity contribution in [2.75, 3.05) is 5.73 Å². The summed E-state index contributed by atoms with van der Waals surface area (Å²) in [6.45, 7) is 1.76. The smallest absolute Gasteiger partial charge is 0.397 e. The maximum Gasteiger partial charge on any atom is 0.420 e. The highest BCUT2D eigenvalue weighted by atomic mass is 19.4. The van der Waals surface area contributed by atoms with Crippen LogP contribution in [0.25, 0.3) is 5.82 Å². The molecule has 0 radical (unpaired) electrons. The number of aromatic nitrogens is 4. The first kappa shape index (κ1) is 12.3. The topological polar surface area (TPSA) is 69.6 Å². The molecule has 0 unspecified atom stereocenters. The standard InChI is InChI=1S/C10H10F3N5/c1-2-8-7(14)5-6(10(11,12)13)9(17-8)18-15-3-4-16-18/h3-5H,2,14H2,1H3. The summed E-state index contributed by atoms with van der Waals surface area (Å²) in [5, 5.41) is 7.34. The van der Waals surface area contributed by atoms with Crippen molar-refractivity contribution >= 4 is 5.69 Å². The third-order valence-corrected chi connectivity index (χ3v) is 2.36. The lowest BCUT2D eigenvalue weighted by molar-refractivity contribution is -0.137. The van der Waals surface area contributed by atoms with Crippen LogP contribution in [0.3, 0.4) is 0 Å². The Morgan fingerprint density at radius 1 is 1.28 bits per heavy atom. The number of halogens is 3. The number of nitrogen functional groups attached to an aromatic ring is 1. The summed E-state index contributed by atoms with van der Waals surface area (Å²) in [4.78, 5) is 4.73. The monoisotopic (exact) mass is 257 g/mol. The summed E-state index contributed by atoms with van der Waals surface area (Å²) < 4.78 is 38.7. The van der Waals surface area contributed by atoms with Gasteiger partial charge in [0.2, 0.25) is 0 Å². The summed E-state index contributed by atoms with van der Waals surface area (Å²) in [5.74, 6) is -0.362. The van der Waals surface area contributed by atoms with Gasteiger partial charge >= 0.3 is 6.18 Å². The number of nitrogens with zero attached hydrogens (tertiary/aromatic N) is 4. The fourth-order valence-corrected chi connectivity index (χ4v) is 1.53. The summed E-state index contributed by atoms with van der Waals surface area (Å²) in [7, 11) is 0. The van der Waals surface area contributed by atoms with Crippen molar-refractivity contribution in [1.29, 1.82) is 0 Å². The molecule has 8 heteroatoms. The number of alkyl halides is 3. The van der Waals surface area contributed by atoms with E-state index in [-0.39, 0.29) is 11.5 Å². The number of anilines is 1. The van der Waals surface area contributed by atoms with E-state index in [9.17, 15) is 13.2 Å². The van der Waals surface area contributed by atoms with Gasteiger partial charge in [0.05, 0.1) is 23.8 Å². The van der Waals surface area contributed by atoms with Crippen molar-refractivity contribution in [3.63, 3.8) is 0 Å². The van der Waals surface area contributed by atoms with E-state index in [1.165, 1.54) is 12.4 Å². The van der Waals surface area contributed by atoms with Crippen LogP contribution >= 0.6 is 0 Å². The molecule has 2 N–H and O–H groups in total. The average molecular weight is 257 g/mol. The van der Waals surface area contributed by atoms with E-state index in [4.69, 9.17) is 5.73 Å². The van der Waals surface area contributed by atoms with Gasteiger partial charge < -0.3 is 5.73 Å². The number of rotatable bonds is 2. The van der Waals surface area contributed by atoms with Crippen LogP contribution in [-0.2, 0) is 12.6 Å². The molecule has 0 bridgehead atoms. The number of hydrogen-bond donors (Lipinski definition) is 1. The van der Waals surface area contributed by atoms with Crippen LogP contribution in [0, 0.1) is 0 Å². The van der Waals surface area contributed by atoms with Crippen LogP contribution in [-0.4, -0.2) is 20.0 Å². The number of pyridine rings is 1. The highest BCUT2D eigenvalue weighted by Crippen LogP contribution is 2.34. The van der Waals surface area contributed by atoms with Gasteiger partial charge in [-0.2, -0.15) is 23.4 Å². The fourth-order valence-electron chi connectivity index (χ4n) is 1.53. The van der Waals surface area contributed by atoms with Crippen molar-refractivity contribution in [2.45, 2.75) is 19.5 Å². The van der Waals surface area contributed by atoms with E-state index in [0.29, 0.717) is 12.1 Å². The molecular weight excluding hydrogens is 247 g/mol. The molecule has 0 aromatic carbocycles. The molecule has 2 aromatic rings. The lowest BCUT2D eigenvalue weighted by Gasteiger charge is -2.13. The van der Waals surface area contributed by atoms with Gasteiger partial charge in [-0.3, -0.25) is 0 Å². The molecule has 2 heterocycles. The molecule has 0 saturated heterocycles. The van der Waals surface area contributed by atoms with Crippen molar-refractivity contribution < 1.29 is 13.2 Å². The average Bonchev–Trinajstić information content (AvgIpc) is 2.81. The molecule has 0 aliphatic rings. The van der Waals surface area contributed by atoms with Gasteiger partial charge in [-0.1, -0.05) is 6.92 Å². The molecule has 0 saturated carbocycles. The van der Waals surface area contributed by atoms with Gasteiger partial charge in [-0.15, -0.1) is 4.80 Å². The van der Waals surface area contributed by atoms with E-state index >= 15 is 0 Å². The first-order valence-corrected chi connectivity index (χ1v) is 5.16. The van der Waals surface area contributed by atoms with Gasteiger partial charge in [0.25, 0.3) is 0 Å². The van der Waals surface area contributed by atoms with E-state index in [0.717, 1.165) is 10.9 Å². The number of hydrogen-bond acceptors (Lipinski definition) is 4. The van der Waals surface area contributed by atoms with Gasteiger partial charge in [0, 0.05) is 0 Å². The predicted molar refractivity (Wildman–Crippen MR) is 57.9 cm³/mol. The zero-order valence-electron chi connectivity index (χ0n) is 9.44. The molecule has 0 aliphatic heterocycles. The SMILES string of the molecule is CCc1nc(-n2nccn2)c(C(F)(F)F)cc1N. The van der Waals surface area contributed by atoms with E-state index in [2.05, 4.69) is 15.2 Å². The molecule has 0 spiro atoms. The Hall–Kier alpha value is -2.12. The van der Waals surface area contributed by atoms with E-state index in [1.807, 2.05) is 0 Å². The molecular formula is C10H10F3N5. The third-order valence-electron chi connectivity index (χ3n) is 2.36. The predicted octanol–water partition coefficient (Wildman–Crippen LogP) is 1.83. The van der Waals surface area contributed by atoms with Crippen LogP contribution in [0.15, 0.2) is 18.5 Å². The molecule has 2 aromatic heterocycles. The lowest BCUT2D eigenvalue weighted by Crippen LogP contribution is -2.16. The van der Waals surface area contributed by atoms with E-state index in [1.54, 1.807) is 6.92 Å². The Morgan fingerprint density at radius 2 is 1.89 bits per heavy atom. The van der Waals surface area contributed by atoms with E-state index < -0.39 is 11.7 Å². The highest BCUT2D eigenvalue weighted by molar-refractivity contribution is 5.51. The first-order valence-electron chi connectivity index (χ1n) is 5.16. The zero-order valence-corrected chi connectivity index (χ0v) is 9.44. The Labute approximate surface area is 100 Å². The molecule has 0 atom stereocenters. The molecule has 18 heavy (non-hydrogen) atoms. The Bertz CT molecular complexity index is 547. The summed E-state index contributed by atoms with van der Waals surface area (Å²) in [5.41, 5.74) is 4.99. The van der Waals surface area contributed by atoms with Gasteiger partial charge in [0.1, 0.15) is 5.56 Å². The van der Waals surface area contributed by atoms with Crippen LogP contribution in [0.5, 0.6) is 0 Å². The van der Waals surface area contributed by atoms with Crippen molar-refractivity contribution in [1.82, 2.24) is 20.0 Å². The van der Waals surface area contributed by atoms with Gasteiger partial charge in [0.15, 0.2) is 5.82 Å². The first-order chi connectivity index (χ1) is 8.43. The number of nitrogens with two attached hydrogens (primary N) is 1. The van der Waals surface area contributed by atoms with Gasteiger partial charge in [-0.05, 0) is 12.5 Å². The Morgan fingerprint density at radius 3 is 2.39 bits per heavy atom. The number of aryl methyl sites for hydroxylation is 1. The summed E-state index contributed by atoms with van der Waals surface area (Å²) >= 11 is 0. The molecule has 0 fully saturated rings. The van der Waals surface area contributed by atoms with Gasteiger partial charge in [-0.25, -0.2) is 4.98 Å². The Kier molecular flexibility index (Phi) is 2.93. The van der Waals surface area contributed by atoms with Crippen molar-refractivity contribution in [3.8, 4) is 5.82 Å². The molecule has 5 nitrogen and oxygen atoms in total. The maximum atomic E-state index is 12.9. The molecule has 96 valence electrons. The minimum Gasteiger partial charge on any atom is -0.397 e. The van der Waals surface area contributed by atoms with Crippen molar-refractivity contribution in [2.24, 2.45) is 0 Å². The maximum absolute atomic E-state index is 12.9. The minimum absolute atomic E-state index is 0.0146. The van der Waals surface area contributed by atoms with Crippen LogP contribution in [0.1, 0.15) is 18.2 Å². The summed E-state index contributed by atoms with van der Waals surface area (Å²) in [6, 6.07) is 0.866. The largest absolute Gasteiger partial charge is 0.420 e. The second-order valence-electron chi connectivity index (χ2n) is 3.57. The summed E-state index contributed by atoms with van der Waals surface area (Å²) in [6.07, 6.45) is -1.57. The van der Waals surface area contributed by atoms with Crippen LogP contribution < -0.4 is 5.73 Å². The molecule has 0 amide bonds. The minimum atomic E-state index is -4.56. The quantitative estimate of drug-likeness (QED) is 0.891. The third kappa shape index (κ3) is 2.13. The second-order valence-corrected chi connectivity index (χ2v) is 3.57. The van der Waals surface area contributed by atoms with Crippen LogP contribution in [0.4, 0.5) is 18.9 Å². The van der Waals surface area contributed by atoms with Crippen molar-refractivity contribution in [3.05, 3.63) is 29.7 Å². The zero-order chi connectivity index (χ0) is 13.3. The normalized spacial score (nSPS) is 11.8. The lowest BCUT2D eigenvalue weighted by atomic mass is 10.1.